The van der Waals surface area contributed by atoms with Gasteiger partial charge >= 0.3 is 12.1 Å². The van der Waals surface area contributed by atoms with Crippen molar-refractivity contribution in [2.24, 2.45) is 0 Å². The van der Waals surface area contributed by atoms with Gasteiger partial charge in [-0.25, -0.2) is 9.59 Å². The van der Waals surface area contributed by atoms with Gasteiger partial charge in [-0.3, -0.25) is 0 Å². The van der Waals surface area contributed by atoms with Crippen LogP contribution >= 0.6 is 67.8 Å². The van der Waals surface area contributed by atoms with Crippen LogP contribution in [0, 0.1) is 0 Å². The Kier molecular flexibility index (Phi) is 9.56. The quantitative estimate of drug-likeness (QED) is 0.331. The Labute approximate surface area is 199 Å². The number of alkyl halides is 3. The second-order valence-electron chi connectivity index (χ2n) is 5.75. The molecule has 0 aliphatic carbocycles. The van der Waals surface area contributed by atoms with Gasteiger partial charge in [-0.15, -0.1) is 0 Å². The molecule has 0 atom stereocenters. The predicted octanol–water partition coefficient (Wildman–Crippen LogP) is 5.65. The number of fused-ring (bicyclic) bond motifs is 1. The van der Waals surface area contributed by atoms with Crippen LogP contribution in [0.2, 0.25) is 0 Å². The molecule has 5 nitrogen and oxygen atoms in total. The number of carbonyl (C=O) groups is 2. The van der Waals surface area contributed by atoms with Crippen LogP contribution in [0.1, 0.15) is 27.0 Å². The summed E-state index contributed by atoms with van der Waals surface area (Å²) in [6.45, 7) is 1.23. The van der Waals surface area contributed by atoms with Gasteiger partial charge in [0.2, 0.25) is 0 Å². The molecule has 0 radical (unpaired) electrons. The van der Waals surface area contributed by atoms with Crippen molar-refractivity contribution in [3.05, 3.63) is 70.8 Å². The first kappa shape index (κ1) is 22.7. The van der Waals surface area contributed by atoms with Gasteiger partial charge in [0.05, 0.1) is 5.56 Å². The van der Waals surface area contributed by atoms with Crippen LogP contribution in [0.5, 0.6) is 0 Å². The Morgan fingerprint density at radius 2 is 1.74 bits per heavy atom. The molecule has 2 aromatic rings. The lowest BCUT2D eigenvalue weighted by molar-refractivity contribution is 0.0695. The summed E-state index contributed by atoms with van der Waals surface area (Å²) >= 11 is 6.95. The number of hydrogen-bond donors (Lipinski definition) is 1. The van der Waals surface area contributed by atoms with E-state index in [1.807, 2.05) is 30.3 Å². The van der Waals surface area contributed by atoms with E-state index < -0.39 is 5.97 Å². The van der Waals surface area contributed by atoms with E-state index in [0.717, 1.165) is 16.6 Å². The average molecular weight is 705 g/mol. The molecule has 0 bridgehead atoms. The van der Waals surface area contributed by atoms with Crippen LogP contribution in [-0.2, 0) is 24.3 Å². The van der Waals surface area contributed by atoms with Crippen molar-refractivity contribution in [1.82, 2.24) is 4.90 Å². The van der Waals surface area contributed by atoms with Gasteiger partial charge in [0.1, 0.15) is 6.54 Å². The zero-order valence-electron chi connectivity index (χ0n) is 14.3. The highest BCUT2D eigenvalue weighted by Gasteiger charge is 2.22. The fraction of sp³-hybridized carbons (Fsp3) is 0.263. The first-order chi connectivity index (χ1) is 12.9. The van der Waals surface area contributed by atoms with E-state index in [1.54, 1.807) is 23.1 Å². The molecule has 0 fully saturated rings. The Morgan fingerprint density at radius 1 is 1.07 bits per heavy atom. The van der Waals surface area contributed by atoms with E-state index in [0.29, 0.717) is 19.5 Å². The minimum absolute atomic E-state index is 0.251. The number of carboxylic acid groups (broad SMARTS) is 1. The fourth-order valence-corrected chi connectivity index (χ4v) is 2.65. The minimum atomic E-state index is -0.933. The zero-order chi connectivity index (χ0) is 19.8. The van der Waals surface area contributed by atoms with Crippen molar-refractivity contribution in [3.8, 4) is 0 Å². The molecule has 0 saturated carbocycles. The Morgan fingerprint density at radius 3 is 2.37 bits per heavy atom. The number of carboxylic acids is 1. The number of ether oxygens (including phenoxy) is 1. The molecule has 2 aromatic carbocycles. The summed E-state index contributed by atoms with van der Waals surface area (Å²) in [7, 11) is 0. The van der Waals surface area contributed by atoms with Gasteiger partial charge in [0, 0.05) is 13.1 Å². The molecule has 1 aliphatic heterocycles. The molecule has 0 unspecified atom stereocenters. The number of rotatable bonds is 3. The highest BCUT2D eigenvalue weighted by molar-refractivity contribution is 14.3. The smallest absolute Gasteiger partial charge is 0.410 e. The average Bonchev–Trinajstić information content (AvgIpc) is 2.65. The monoisotopic (exact) mass is 705 g/mol. The van der Waals surface area contributed by atoms with E-state index in [2.05, 4.69) is 67.8 Å². The first-order valence-electron chi connectivity index (χ1n) is 8.09. The zero-order valence-corrected chi connectivity index (χ0v) is 20.8. The molecule has 1 amide bonds. The third kappa shape index (κ3) is 7.72. The maximum absolute atomic E-state index is 12.2. The number of amides is 1. The van der Waals surface area contributed by atoms with Crippen LogP contribution in [0.25, 0.3) is 0 Å². The molecule has 0 spiro atoms. The first-order valence-corrected chi connectivity index (χ1v) is 11.8. The summed E-state index contributed by atoms with van der Waals surface area (Å²) in [5, 5.41) is 9.02. The standard InChI is InChI=1S/C18H17NO4.CHI3/c20-17(21)15-6-7-16-11-19(9-8-14(16)10-15)18(22)23-12-13-4-2-1-3-5-13;2-1(3)4/h1-7,10H,8-9,11-12H2,(H,20,21);1H. The SMILES string of the molecule is IC(I)I.O=C(O)c1ccc2c(c1)CCN(C(=O)OCc1ccccc1)C2. The third-order valence-corrected chi connectivity index (χ3v) is 3.93. The molecule has 0 aromatic heterocycles. The summed E-state index contributed by atoms with van der Waals surface area (Å²) in [6, 6.07) is 14.6. The summed E-state index contributed by atoms with van der Waals surface area (Å²) in [5.41, 5.74) is 3.18. The van der Waals surface area contributed by atoms with Crippen molar-refractivity contribution in [3.63, 3.8) is 0 Å². The summed E-state index contributed by atoms with van der Waals surface area (Å²) in [6.07, 6.45) is 0.290. The van der Waals surface area contributed by atoms with E-state index in [4.69, 9.17) is 9.84 Å². The fourth-order valence-electron chi connectivity index (χ4n) is 2.65. The lowest BCUT2D eigenvalue weighted by Crippen LogP contribution is -2.36. The van der Waals surface area contributed by atoms with Gasteiger partial charge in [-0.05, 0) is 35.2 Å². The number of benzene rings is 2. The molecule has 1 N–H and O–H groups in total. The predicted molar refractivity (Wildman–Crippen MR) is 130 cm³/mol. The second-order valence-corrected chi connectivity index (χ2v) is 16.6. The van der Waals surface area contributed by atoms with Gasteiger partial charge in [-0.2, -0.15) is 0 Å². The number of aromatic carboxylic acids is 1. The summed E-state index contributed by atoms with van der Waals surface area (Å²) < 4.78 is 6.08. The van der Waals surface area contributed by atoms with Crippen molar-refractivity contribution in [1.29, 1.82) is 0 Å². The molecule has 8 heteroatoms. The van der Waals surface area contributed by atoms with E-state index in [-0.39, 0.29) is 18.3 Å². The van der Waals surface area contributed by atoms with E-state index in [9.17, 15) is 9.59 Å². The van der Waals surface area contributed by atoms with E-state index >= 15 is 0 Å². The Hall–Kier alpha value is -0.630. The number of hydrogen-bond acceptors (Lipinski definition) is 3. The van der Waals surface area contributed by atoms with Crippen LogP contribution in [0.15, 0.2) is 48.5 Å². The Balaban J connectivity index is 0.000000596. The topological polar surface area (TPSA) is 66.8 Å². The molecular formula is C19H18I3NO4. The summed E-state index contributed by atoms with van der Waals surface area (Å²) in [4.78, 5) is 24.8. The van der Waals surface area contributed by atoms with Crippen molar-refractivity contribution >= 4 is 79.8 Å². The van der Waals surface area contributed by atoms with Gasteiger partial charge in [0.15, 0.2) is 0 Å². The largest absolute Gasteiger partial charge is 0.478 e. The molecule has 3 rings (SSSR count). The van der Waals surface area contributed by atoms with Gasteiger partial charge < -0.3 is 14.7 Å². The number of nitrogens with zero attached hydrogens (tertiary/aromatic N) is 1. The maximum Gasteiger partial charge on any atom is 0.410 e. The molecular weight excluding hydrogens is 687 g/mol. The minimum Gasteiger partial charge on any atom is -0.478 e. The molecule has 144 valence electrons. The highest BCUT2D eigenvalue weighted by Crippen LogP contribution is 2.21. The lowest BCUT2D eigenvalue weighted by atomic mass is 9.97. The normalized spacial score (nSPS) is 12.7. The van der Waals surface area contributed by atoms with Gasteiger partial charge in [-0.1, -0.05) is 104 Å². The molecule has 1 aliphatic rings. The van der Waals surface area contributed by atoms with Crippen LogP contribution in [0.4, 0.5) is 4.79 Å². The third-order valence-electron chi connectivity index (χ3n) is 3.93. The van der Waals surface area contributed by atoms with Gasteiger partial charge in [0.25, 0.3) is 0 Å². The second kappa shape index (κ2) is 11.4. The van der Waals surface area contributed by atoms with Crippen molar-refractivity contribution in [2.75, 3.05) is 6.54 Å². The van der Waals surface area contributed by atoms with Crippen molar-refractivity contribution in [2.45, 2.75) is 19.5 Å². The Bertz CT molecular complexity index is 781. The summed E-state index contributed by atoms with van der Waals surface area (Å²) in [5.74, 6) is -0.933. The number of halogens is 3. The molecule has 1 heterocycles. The van der Waals surface area contributed by atoms with Crippen molar-refractivity contribution < 1.29 is 19.4 Å². The number of carbonyl (C=O) groups excluding carboxylic acids is 1. The van der Waals surface area contributed by atoms with Crippen LogP contribution in [0.3, 0.4) is 0 Å². The molecule has 27 heavy (non-hydrogen) atoms. The van der Waals surface area contributed by atoms with E-state index in [1.165, 1.54) is 0 Å². The highest BCUT2D eigenvalue weighted by atomic mass is 127. The lowest BCUT2D eigenvalue weighted by Gasteiger charge is -2.28. The molecule has 0 saturated heterocycles. The van der Waals surface area contributed by atoms with Crippen LogP contribution < -0.4 is 0 Å². The van der Waals surface area contributed by atoms with Crippen LogP contribution in [-0.4, -0.2) is 28.6 Å². The maximum atomic E-state index is 12.2.